The minimum Gasteiger partial charge on any atom is -0.232 e. The second-order valence-electron chi connectivity index (χ2n) is 8.28. The number of rotatable bonds is 2. The number of aliphatic imine (C=N–C) groups is 2. The van der Waals surface area contributed by atoms with Crippen molar-refractivity contribution in [1.29, 1.82) is 0 Å². The van der Waals surface area contributed by atoms with Gasteiger partial charge in [-0.25, -0.2) is 9.98 Å². The van der Waals surface area contributed by atoms with Gasteiger partial charge in [0.1, 0.15) is 5.16 Å². The lowest BCUT2D eigenvalue weighted by atomic mass is 9.92. The molecular formula is C30H21ClN2. The summed E-state index contributed by atoms with van der Waals surface area (Å²) in [5.74, 6) is 0.648. The molecule has 2 nitrogen and oxygen atoms in total. The second-order valence-corrected chi connectivity index (χ2v) is 8.66. The van der Waals surface area contributed by atoms with E-state index in [-0.39, 0.29) is 0 Å². The molecule has 0 atom stereocenters. The molecule has 33 heavy (non-hydrogen) atoms. The molecule has 6 rings (SSSR count). The van der Waals surface area contributed by atoms with E-state index in [9.17, 15) is 0 Å². The Morgan fingerprint density at radius 1 is 0.545 bits per heavy atom. The predicted molar refractivity (Wildman–Crippen MR) is 142 cm³/mol. The molecule has 0 unspecified atom stereocenters. The number of nitrogens with zero attached hydrogens (tertiary/aromatic N) is 2. The lowest BCUT2D eigenvalue weighted by Gasteiger charge is -2.14. The van der Waals surface area contributed by atoms with Gasteiger partial charge >= 0.3 is 0 Å². The van der Waals surface area contributed by atoms with Crippen molar-refractivity contribution in [2.24, 2.45) is 9.98 Å². The molecule has 0 fully saturated rings. The summed E-state index contributed by atoms with van der Waals surface area (Å²) in [6.07, 6.45) is 3.59. The van der Waals surface area contributed by atoms with Gasteiger partial charge in [0.25, 0.3) is 0 Å². The number of hydrogen-bond donors (Lipinski definition) is 0. The van der Waals surface area contributed by atoms with Crippen LogP contribution in [0, 0.1) is 0 Å². The van der Waals surface area contributed by atoms with Gasteiger partial charge in [-0.05, 0) is 62.9 Å². The van der Waals surface area contributed by atoms with Crippen LogP contribution in [0.1, 0.15) is 24.0 Å². The SMILES string of the molecule is ClC1=C/CCC(c2ccc3c4ccccc4c4ccccc4c3c2)=N/C(c2ccccc2)=N\1. The Morgan fingerprint density at radius 2 is 1.12 bits per heavy atom. The Hall–Kier alpha value is -3.75. The monoisotopic (exact) mass is 444 g/mol. The number of fused-ring (bicyclic) bond motifs is 6. The topological polar surface area (TPSA) is 24.7 Å². The van der Waals surface area contributed by atoms with E-state index in [1.807, 2.05) is 36.4 Å². The fourth-order valence-corrected chi connectivity index (χ4v) is 4.89. The molecule has 0 N–H and O–H groups in total. The molecule has 5 aromatic rings. The van der Waals surface area contributed by atoms with Crippen LogP contribution in [0.5, 0.6) is 0 Å². The van der Waals surface area contributed by atoms with E-state index in [1.54, 1.807) is 0 Å². The first-order valence-corrected chi connectivity index (χ1v) is 11.6. The maximum absolute atomic E-state index is 6.34. The van der Waals surface area contributed by atoms with Crippen molar-refractivity contribution in [2.75, 3.05) is 0 Å². The van der Waals surface area contributed by atoms with Gasteiger partial charge in [0.05, 0.1) is 5.71 Å². The van der Waals surface area contributed by atoms with Crippen LogP contribution in [0.4, 0.5) is 0 Å². The first-order chi connectivity index (χ1) is 16.3. The molecule has 0 radical (unpaired) electrons. The van der Waals surface area contributed by atoms with Gasteiger partial charge in [0.15, 0.2) is 5.84 Å². The van der Waals surface area contributed by atoms with Gasteiger partial charge in [-0.3, -0.25) is 0 Å². The highest BCUT2D eigenvalue weighted by atomic mass is 35.5. The maximum Gasteiger partial charge on any atom is 0.161 e. The van der Waals surface area contributed by atoms with Crippen molar-refractivity contribution < 1.29 is 0 Å². The van der Waals surface area contributed by atoms with Crippen molar-refractivity contribution in [3.8, 4) is 0 Å². The minimum atomic E-state index is 0.493. The zero-order chi connectivity index (χ0) is 22.2. The van der Waals surface area contributed by atoms with Crippen LogP contribution < -0.4 is 0 Å². The smallest absolute Gasteiger partial charge is 0.161 e. The van der Waals surface area contributed by atoms with Crippen LogP contribution in [0.2, 0.25) is 0 Å². The summed E-state index contributed by atoms with van der Waals surface area (Å²) in [5.41, 5.74) is 3.11. The van der Waals surface area contributed by atoms with Crippen molar-refractivity contribution >= 4 is 55.5 Å². The summed E-state index contributed by atoms with van der Waals surface area (Å²) in [6, 6.07) is 34.1. The summed E-state index contributed by atoms with van der Waals surface area (Å²) in [4.78, 5) is 9.61. The summed E-state index contributed by atoms with van der Waals surface area (Å²) < 4.78 is 0. The molecule has 0 bridgehead atoms. The molecule has 1 aliphatic heterocycles. The van der Waals surface area contributed by atoms with Crippen LogP contribution >= 0.6 is 11.6 Å². The predicted octanol–water partition coefficient (Wildman–Crippen LogP) is 8.26. The van der Waals surface area contributed by atoms with Gasteiger partial charge in [-0.2, -0.15) is 0 Å². The van der Waals surface area contributed by atoms with E-state index in [0.29, 0.717) is 11.0 Å². The average Bonchev–Trinajstić information content (AvgIpc) is 2.86. The zero-order valence-electron chi connectivity index (χ0n) is 18.0. The van der Waals surface area contributed by atoms with Crippen LogP contribution in [0.25, 0.3) is 32.3 Å². The van der Waals surface area contributed by atoms with Gasteiger partial charge in [0.2, 0.25) is 0 Å². The zero-order valence-corrected chi connectivity index (χ0v) is 18.8. The van der Waals surface area contributed by atoms with Crippen LogP contribution in [-0.2, 0) is 0 Å². The Kier molecular flexibility index (Phi) is 5.01. The third kappa shape index (κ3) is 3.63. The standard InChI is InChI=1S/C30H21ClN2/c31-29-16-8-15-28(32-30(33-29)20-9-2-1-3-10-20)21-17-18-26-24-13-5-4-11-22(24)23-12-6-7-14-25(23)27(26)19-21/h1-7,9-14,16-19H,8,15H2/b29-16-,32-28?,33-30-. The van der Waals surface area contributed by atoms with Crippen molar-refractivity contribution in [2.45, 2.75) is 12.8 Å². The first-order valence-electron chi connectivity index (χ1n) is 11.2. The van der Waals surface area contributed by atoms with Gasteiger partial charge in [-0.15, -0.1) is 0 Å². The van der Waals surface area contributed by atoms with Crippen LogP contribution in [0.3, 0.4) is 0 Å². The fraction of sp³-hybridized carbons (Fsp3) is 0.0667. The normalized spacial score (nSPS) is 17.7. The van der Waals surface area contributed by atoms with E-state index >= 15 is 0 Å². The largest absolute Gasteiger partial charge is 0.232 e. The lowest BCUT2D eigenvalue weighted by molar-refractivity contribution is 1.07. The van der Waals surface area contributed by atoms with Crippen molar-refractivity contribution in [1.82, 2.24) is 0 Å². The molecule has 0 aliphatic carbocycles. The van der Waals surface area contributed by atoms with Crippen molar-refractivity contribution in [3.63, 3.8) is 0 Å². The number of benzene rings is 5. The number of amidine groups is 1. The van der Waals surface area contributed by atoms with E-state index in [0.717, 1.165) is 29.7 Å². The minimum absolute atomic E-state index is 0.493. The van der Waals surface area contributed by atoms with Crippen LogP contribution in [-0.4, -0.2) is 11.5 Å². The third-order valence-corrected chi connectivity index (χ3v) is 6.50. The number of hydrogen-bond acceptors (Lipinski definition) is 2. The molecule has 5 aromatic carbocycles. The van der Waals surface area contributed by atoms with E-state index < -0.39 is 0 Å². The van der Waals surface area contributed by atoms with E-state index in [2.05, 4.69) is 71.7 Å². The highest BCUT2D eigenvalue weighted by Crippen LogP contribution is 2.35. The molecule has 0 aromatic heterocycles. The second kappa shape index (κ2) is 8.31. The average molecular weight is 445 g/mol. The summed E-state index contributed by atoms with van der Waals surface area (Å²) in [7, 11) is 0. The quantitative estimate of drug-likeness (QED) is 0.193. The summed E-state index contributed by atoms with van der Waals surface area (Å²) >= 11 is 6.34. The number of halogens is 1. The highest BCUT2D eigenvalue weighted by Gasteiger charge is 2.14. The first kappa shape index (κ1) is 19.9. The molecule has 0 saturated heterocycles. The lowest BCUT2D eigenvalue weighted by Crippen LogP contribution is -2.08. The molecule has 0 amide bonds. The molecule has 1 heterocycles. The molecular weight excluding hydrogens is 424 g/mol. The summed E-state index contributed by atoms with van der Waals surface area (Å²) in [5, 5.41) is 8.11. The fourth-order valence-electron chi connectivity index (χ4n) is 4.70. The molecule has 3 heteroatoms. The maximum atomic E-state index is 6.34. The molecule has 0 spiro atoms. The van der Waals surface area contributed by atoms with Gasteiger partial charge < -0.3 is 0 Å². The number of allylic oxidation sites excluding steroid dienone is 1. The molecule has 0 saturated carbocycles. The Balaban J connectivity index is 1.58. The van der Waals surface area contributed by atoms with Gasteiger partial charge in [-0.1, -0.05) is 103 Å². The Bertz CT molecular complexity index is 1580. The molecule has 158 valence electrons. The van der Waals surface area contributed by atoms with Crippen LogP contribution in [0.15, 0.2) is 118 Å². The Labute approximate surface area is 197 Å². The van der Waals surface area contributed by atoms with Crippen molar-refractivity contribution in [3.05, 3.63) is 119 Å². The van der Waals surface area contributed by atoms with E-state index in [1.165, 1.54) is 32.3 Å². The third-order valence-electron chi connectivity index (χ3n) is 6.26. The van der Waals surface area contributed by atoms with E-state index in [4.69, 9.17) is 16.6 Å². The molecule has 1 aliphatic rings. The summed E-state index contributed by atoms with van der Waals surface area (Å²) in [6.45, 7) is 0. The highest BCUT2D eigenvalue weighted by molar-refractivity contribution is 6.31. The Morgan fingerprint density at radius 3 is 1.79 bits per heavy atom. The van der Waals surface area contributed by atoms with Gasteiger partial charge in [0, 0.05) is 5.56 Å².